The SMILES string of the molecule is CCNC(=O)[C@@H](C)N(Cc1ccc(OC)cc1)C(=O)COc1ccc(Cl)cc1. The summed E-state index contributed by atoms with van der Waals surface area (Å²) in [5.74, 6) is 0.762. The van der Waals surface area contributed by atoms with Crippen molar-refractivity contribution in [2.45, 2.75) is 26.4 Å². The predicted octanol–water partition coefficient (Wildman–Crippen LogP) is 3.28. The first kappa shape index (κ1) is 21.6. The molecule has 2 rings (SSSR count). The Morgan fingerprint density at radius 2 is 1.68 bits per heavy atom. The Labute approximate surface area is 170 Å². The Kier molecular flexibility index (Phi) is 8.14. The summed E-state index contributed by atoms with van der Waals surface area (Å²) in [7, 11) is 1.59. The molecule has 2 aromatic rings. The van der Waals surface area contributed by atoms with Crippen molar-refractivity contribution >= 4 is 23.4 Å². The van der Waals surface area contributed by atoms with Gasteiger partial charge >= 0.3 is 0 Å². The van der Waals surface area contributed by atoms with E-state index < -0.39 is 6.04 Å². The van der Waals surface area contributed by atoms with E-state index in [2.05, 4.69) is 5.32 Å². The molecule has 0 aliphatic carbocycles. The molecule has 0 spiro atoms. The summed E-state index contributed by atoms with van der Waals surface area (Å²) in [5.41, 5.74) is 0.886. The average molecular weight is 405 g/mol. The highest BCUT2D eigenvalue weighted by Crippen LogP contribution is 2.17. The third kappa shape index (κ3) is 6.16. The molecule has 0 heterocycles. The minimum atomic E-state index is -0.636. The molecule has 150 valence electrons. The van der Waals surface area contributed by atoms with Crippen molar-refractivity contribution in [1.82, 2.24) is 10.2 Å². The lowest BCUT2D eigenvalue weighted by molar-refractivity contribution is -0.142. The number of hydrogen-bond donors (Lipinski definition) is 1. The van der Waals surface area contributed by atoms with Gasteiger partial charge in [0.1, 0.15) is 17.5 Å². The zero-order chi connectivity index (χ0) is 20.5. The van der Waals surface area contributed by atoms with E-state index in [0.29, 0.717) is 17.3 Å². The molecular weight excluding hydrogens is 380 g/mol. The fourth-order valence-electron chi connectivity index (χ4n) is 2.59. The number of methoxy groups -OCH3 is 1. The lowest BCUT2D eigenvalue weighted by Gasteiger charge is -2.28. The number of nitrogens with zero attached hydrogens (tertiary/aromatic N) is 1. The van der Waals surface area contributed by atoms with Gasteiger partial charge in [0.2, 0.25) is 5.91 Å². The molecule has 7 heteroatoms. The van der Waals surface area contributed by atoms with Gasteiger partial charge in [-0.15, -0.1) is 0 Å². The number of halogens is 1. The molecule has 0 fully saturated rings. The molecule has 2 aromatic carbocycles. The Balaban J connectivity index is 2.11. The number of carbonyl (C=O) groups excluding carboxylic acids is 2. The Hall–Kier alpha value is -2.73. The first-order valence-corrected chi connectivity index (χ1v) is 9.40. The smallest absolute Gasteiger partial charge is 0.261 e. The molecule has 0 aliphatic heterocycles. The van der Waals surface area contributed by atoms with Crippen LogP contribution in [0, 0.1) is 0 Å². The number of hydrogen-bond acceptors (Lipinski definition) is 4. The van der Waals surface area contributed by atoms with Crippen molar-refractivity contribution in [2.75, 3.05) is 20.3 Å². The normalized spacial score (nSPS) is 11.4. The number of amides is 2. The summed E-state index contributed by atoms with van der Waals surface area (Å²) < 4.78 is 10.7. The maximum absolute atomic E-state index is 12.8. The van der Waals surface area contributed by atoms with Crippen LogP contribution in [0.4, 0.5) is 0 Å². The summed E-state index contributed by atoms with van der Waals surface area (Å²) in [5, 5.41) is 3.34. The van der Waals surface area contributed by atoms with E-state index in [0.717, 1.165) is 11.3 Å². The highest BCUT2D eigenvalue weighted by Gasteiger charge is 2.26. The van der Waals surface area contributed by atoms with Gasteiger partial charge in [-0.2, -0.15) is 0 Å². The standard InChI is InChI=1S/C21H25ClN2O4/c1-4-23-21(26)15(2)24(13-16-5-9-18(27-3)10-6-16)20(25)14-28-19-11-7-17(22)8-12-19/h5-12,15H,4,13-14H2,1-3H3,(H,23,26)/t15-/m1/s1. The van der Waals surface area contributed by atoms with E-state index in [4.69, 9.17) is 21.1 Å². The van der Waals surface area contributed by atoms with Crippen LogP contribution < -0.4 is 14.8 Å². The lowest BCUT2D eigenvalue weighted by atomic mass is 10.1. The van der Waals surface area contributed by atoms with Crippen molar-refractivity contribution in [3.63, 3.8) is 0 Å². The van der Waals surface area contributed by atoms with Crippen molar-refractivity contribution in [3.05, 3.63) is 59.1 Å². The van der Waals surface area contributed by atoms with Gasteiger partial charge in [0.25, 0.3) is 5.91 Å². The third-order valence-corrected chi connectivity index (χ3v) is 4.46. The molecule has 0 saturated heterocycles. The van der Waals surface area contributed by atoms with Crippen LogP contribution in [0.1, 0.15) is 19.4 Å². The summed E-state index contributed by atoms with van der Waals surface area (Å²) in [6, 6.07) is 13.5. The number of ether oxygens (including phenoxy) is 2. The minimum absolute atomic E-state index is 0.179. The monoisotopic (exact) mass is 404 g/mol. The van der Waals surface area contributed by atoms with Gasteiger partial charge in [-0.25, -0.2) is 0 Å². The molecule has 0 aromatic heterocycles. The molecule has 0 saturated carbocycles. The summed E-state index contributed by atoms with van der Waals surface area (Å²) in [6.07, 6.45) is 0. The zero-order valence-corrected chi connectivity index (χ0v) is 17.0. The second-order valence-electron chi connectivity index (χ2n) is 6.18. The van der Waals surface area contributed by atoms with Crippen molar-refractivity contribution < 1.29 is 19.1 Å². The second kappa shape index (κ2) is 10.6. The number of carbonyl (C=O) groups is 2. The van der Waals surface area contributed by atoms with Crippen LogP contribution in [0.2, 0.25) is 5.02 Å². The number of nitrogens with one attached hydrogen (secondary N) is 1. The van der Waals surface area contributed by atoms with Gasteiger partial charge in [-0.05, 0) is 55.8 Å². The maximum Gasteiger partial charge on any atom is 0.261 e. The number of likely N-dealkylation sites (N-methyl/N-ethyl adjacent to an activating group) is 1. The van der Waals surface area contributed by atoms with Crippen molar-refractivity contribution in [2.24, 2.45) is 0 Å². The zero-order valence-electron chi connectivity index (χ0n) is 16.3. The lowest BCUT2D eigenvalue weighted by Crippen LogP contribution is -2.49. The van der Waals surface area contributed by atoms with E-state index >= 15 is 0 Å². The fraction of sp³-hybridized carbons (Fsp3) is 0.333. The van der Waals surface area contributed by atoms with E-state index in [1.807, 2.05) is 31.2 Å². The highest BCUT2D eigenvalue weighted by molar-refractivity contribution is 6.30. The van der Waals surface area contributed by atoms with Gasteiger partial charge in [-0.1, -0.05) is 23.7 Å². The Morgan fingerprint density at radius 1 is 1.07 bits per heavy atom. The van der Waals surface area contributed by atoms with Crippen molar-refractivity contribution in [1.29, 1.82) is 0 Å². The van der Waals surface area contributed by atoms with Crippen LogP contribution in [0.5, 0.6) is 11.5 Å². The largest absolute Gasteiger partial charge is 0.497 e. The second-order valence-corrected chi connectivity index (χ2v) is 6.62. The fourth-order valence-corrected chi connectivity index (χ4v) is 2.72. The summed E-state index contributed by atoms with van der Waals surface area (Å²) in [4.78, 5) is 26.6. The molecule has 1 atom stereocenters. The predicted molar refractivity (Wildman–Crippen MR) is 109 cm³/mol. The van der Waals surface area contributed by atoms with Gasteiger partial charge in [-0.3, -0.25) is 9.59 Å². The molecule has 0 unspecified atom stereocenters. The average Bonchev–Trinajstić information content (AvgIpc) is 2.71. The number of rotatable bonds is 9. The van der Waals surface area contributed by atoms with E-state index in [1.54, 1.807) is 38.3 Å². The molecule has 0 bridgehead atoms. The number of benzene rings is 2. The first-order chi connectivity index (χ1) is 13.4. The molecular formula is C21H25ClN2O4. The summed E-state index contributed by atoms with van der Waals surface area (Å²) >= 11 is 5.86. The van der Waals surface area contributed by atoms with Crippen LogP contribution in [0.3, 0.4) is 0 Å². The topological polar surface area (TPSA) is 67.9 Å². The van der Waals surface area contributed by atoms with Crippen LogP contribution in [-0.2, 0) is 16.1 Å². The van der Waals surface area contributed by atoms with Crippen molar-refractivity contribution in [3.8, 4) is 11.5 Å². The Bertz CT molecular complexity index is 778. The van der Waals surface area contributed by atoms with Crippen LogP contribution in [0.25, 0.3) is 0 Å². The van der Waals surface area contributed by atoms with Crippen LogP contribution >= 0.6 is 11.6 Å². The summed E-state index contributed by atoms with van der Waals surface area (Å²) in [6.45, 7) is 4.14. The van der Waals surface area contributed by atoms with Gasteiger partial charge in [0.05, 0.1) is 7.11 Å². The van der Waals surface area contributed by atoms with Gasteiger partial charge < -0.3 is 19.7 Å². The van der Waals surface area contributed by atoms with Crippen LogP contribution in [-0.4, -0.2) is 43.0 Å². The van der Waals surface area contributed by atoms with E-state index in [1.165, 1.54) is 4.90 Å². The molecule has 0 radical (unpaired) electrons. The first-order valence-electron chi connectivity index (χ1n) is 9.03. The molecule has 1 N–H and O–H groups in total. The van der Waals surface area contributed by atoms with Gasteiger partial charge in [0, 0.05) is 18.1 Å². The minimum Gasteiger partial charge on any atom is -0.497 e. The molecule has 6 nitrogen and oxygen atoms in total. The Morgan fingerprint density at radius 3 is 2.25 bits per heavy atom. The molecule has 28 heavy (non-hydrogen) atoms. The van der Waals surface area contributed by atoms with Crippen LogP contribution in [0.15, 0.2) is 48.5 Å². The highest BCUT2D eigenvalue weighted by atomic mass is 35.5. The van der Waals surface area contributed by atoms with Gasteiger partial charge in [0.15, 0.2) is 6.61 Å². The van der Waals surface area contributed by atoms with E-state index in [-0.39, 0.29) is 25.0 Å². The van der Waals surface area contributed by atoms with E-state index in [9.17, 15) is 9.59 Å². The molecule has 2 amide bonds. The molecule has 0 aliphatic rings. The maximum atomic E-state index is 12.8. The third-order valence-electron chi connectivity index (χ3n) is 4.21. The quantitative estimate of drug-likeness (QED) is 0.696.